The lowest BCUT2D eigenvalue weighted by Crippen LogP contribution is -2.35. The van der Waals surface area contributed by atoms with Crippen molar-refractivity contribution in [3.63, 3.8) is 0 Å². The second-order valence-corrected chi connectivity index (χ2v) is 10.2. The number of piperidine rings is 1. The van der Waals surface area contributed by atoms with Gasteiger partial charge < -0.3 is 9.88 Å². The molecular formula is C24H27N3O4S. The Bertz CT molecular complexity index is 1320. The number of rotatable bonds is 5. The van der Waals surface area contributed by atoms with Crippen molar-refractivity contribution in [3.8, 4) is 0 Å². The molecule has 1 amide bonds. The van der Waals surface area contributed by atoms with Crippen LogP contribution in [-0.2, 0) is 23.6 Å². The van der Waals surface area contributed by atoms with Crippen molar-refractivity contribution in [1.82, 2.24) is 14.2 Å². The topological polar surface area (TPSA) is 88.5 Å². The van der Waals surface area contributed by atoms with Crippen molar-refractivity contribution in [3.05, 3.63) is 75.6 Å². The molecule has 0 bridgehead atoms. The first-order chi connectivity index (χ1) is 15.3. The fourth-order valence-electron chi connectivity index (χ4n) is 4.03. The standard InChI is InChI=1S/C24H27N3O4S/c1-17-6-8-18(9-7-17)15-25-24(29)21-16-26(2)22-11-10-19(14-20(22)23(21)28)32(30,31)27-12-4-3-5-13-27/h6-11,14,16H,3-5,12-13,15H2,1-2H3,(H,25,29). The summed E-state index contributed by atoms with van der Waals surface area (Å²) in [6, 6.07) is 12.3. The van der Waals surface area contributed by atoms with Gasteiger partial charge in [0.1, 0.15) is 5.56 Å². The van der Waals surface area contributed by atoms with Gasteiger partial charge in [0.2, 0.25) is 15.5 Å². The van der Waals surface area contributed by atoms with E-state index in [-0.39, 0.29) is 15.8 Å². The zero-order valence-electron chi connectivity index (χ0n) is 18.3. The van der Waals surface area contributed by atoms with Crippen LogP contribution in [0.3, 0.4) is 0 Å². The molecule has 8 heteroatoms. The molecule has 2 heterocycles. The van der Waals surface area contributed by atoms with Crippen LogP contribution in [0, 0.1) is 6.92 Å². The number of amides is 1. The van der Waals surface area contributed by atoms with Gasteiger partial charge in [-0.05, 0) is 43.5 Å². The van der Waals surface area contributed by atoms with Gasteiger partial charge in [-0.3, -0.25) is 9.59 Å². The lowest BCUT2D eigenvalue weighted by molar-refractivity contribution is 0.0949. The molecule has 1 aliphatic rings. The molecule has 1 N–H and O–H groups in total. The molecule has 1 saturated heterocycles. The molecule has 1 aromatic heterocycles. The predicted molar refractivity (Wildman–Crippen MR) is 124 cm³/mol. The van der Waals surface area contributed by atoms with E-state index < -0.39 is 21.4 Å². The highest BCUT2D eigenvalue weighted by molar-refractivity contribution is 7.89. The van der Waals surface area contributed by atoms with Gasteiger partial charge in [0, 0.05) is 38.3 Å². The molecule has 0 atom stereocenters. The summed E-state index contributed by atoms with van der Waals surface area (Å²) in [5.41, 5.74) is 2.13. The number of aryl methyl sites for hydroxylation is 2. The Morgan fingerprint density at radius 3 is 2.41 bits per heavy atom. The lowest BCUT2D eigenvalue weighted by Gasteiger charge is -2.26. The van der Waals surface area contributed by atoms with E-state index in [4.69, 9.17) is 0 Å². The monoisotopic (exact) mass is 453 g/mol. The summed E-state index contributed by atoms with van der Waals surface area (Å²) in [6.07, 6.45) is 4.18. The van der Waals surface area contributed by atoms with E-state index in [9.17, 15) is 18.0 Å². The molecule has 3 aromatic rings. The van der Waals surface area contributed by atoms with Crippen LogP contribution in [0.25, 0.3) is 10.9 Å². The first kappa shape index (κ1) is 22.2. The number of sulfonamides is 1. The molecule has 4 rings (SSSR count). The summed E-state index contributed by atoms with van der Waals surface area (Å²) in [7, 11) is -1.95. The van der Waals surface area contributed by atoms with Crippen LogP contribution in [0.2, 0.25) is 0 Å². The zero-order valence-corrected chi connectivity index (χ0v) is 19.1. The van der Waals surface area contributed by atoms with Gasteiger partial charge in [-0.1, -0.05) is 36.2 Å². The average molecular weight is 454 g/mol. The fourth-order valence-corrected chi connectivity index (χ4v) is 5.58. The summed E-state index contributed by atoms with van der Waals surface area (Å²) in [4.78, 5) is 26.0. The van der Waals surface area contributed by atoms with Crippen molar-refractivity contribution in [2.75, 3.05) is 13.1 Å². The minimum Gasteiger partial charge on any atom is -0.350 e. The van der Waals surface area contributed by atoms with Crippen LogP contribution in [0.15, 0.2) is 58.4 Å². The summed E-state index contributed by atoms with van der Waals surface area (Å²) < 4.78 is 29.3. The van der Waals surface area contributed by atoms with Gasteiger partial charge in [0.05, 0.1) is 10.4 Å². The third-order valence-corrected chi connectivity index (χ3v) is 7.83. The molecule has 0 aliphatic carbocycles. The number of benzene rings is 2. The van der Waals surface area contributed by atoms with Gasteiger partial charge in [0.25, 0.3) is 5.91 Å². The summed E-state index contributed by atoms with van der Waals surface area (Å²) in [5.74, 6) is -0.489. The second-order valence-electron chi connectivity index (χ2n) is 8.29. The minimum atomic E-state index is -3.68. The van der Waals surface area contributed by atoms with E-state index in [0.29, 0.717) is 25.2 Å². The molecule has 1 aliphatic heterocycles. The Labute approximate surface area is 187 Å². The van der Waals surface area contributed by atoms with Crippen LogP contribution >= 0.6 is 0 Å². The molecule has 168 valence electrons. The van der Waals surface area contributed by atoms with Crippen LogP contribution in [0.5, 0.6) is 0 Å². The Morgan fingerprint density at radius 2 is 1.72 bits per heavy atom. The molecule has 2 aromatic carbocycles. The highest BCUT2D eigenvalue weighted by atomic mass is 32.2. The minimum absolute atomic E-state index is 0.0142. The predicted octanol–water partition coefficient (Wildman–Crippen LogP) is 2.95. The second kappa shape index (κ2) is 8.88. The van der Waals surface area contributed by atoms with Crippen LogP contribution in [0.1, 0.15) is 40.7 Å². The number of fused-ring (bicyclic) bond motifs is 1. The highest BCUT2D eigenvalue weighted by Crippen LogP contribution is 2.23. The van der Waals surface area contributed by atoms with Gasteiger partial charge in [-0.25, -0.2) is 8.42 Å². The summed E-state index contributed by atoms with van der Waals surface area (Å²) in [5, 5.41) is 3.00. The van der Waals surface area contributed by atoms with Crippen LogP contribution in [-0.4, -0.2) is 36.3 Å². The van der Waals surface area contributed by atoms with Crippen molar-refractivity contribution in [1.29, 1.82) is 0 Å². The summed E-state index contributed by atoms with van der Waals surface area (Å²) >= 11 is 0. The molecule has 32 heavy (non-hydrogen) atoms. The van der Waals surface area contributed by atoms with Gasteiger partial charge in [0.15, 0.2) is 0 Å². The smallest absolute Gasteiger partial charge is 0.257 e. The van der Waals surface area contributed by atoms with E-state index in [2.05, 4.69) is 5.32 Å². The van der Waals surface area contributed by atoms with Gasteiger partial charge in [-0.2, -0.15) is 4.31 Å². The number of hydrogen-bond acceptors (Lipinski definition) is 4. The highest BCUT2D eigenvalue weighted by Gasteiger charge is 2.27. The van der Waals surface area contributed by atoms with Crippen molar-refractivity contribution < 1.29 is 13.2 Å². The zero-order chi connectivity index (χ0) is 22.9. The molecule has 1 fully saturated rings. The summed E-state index contributed by atoms with van der Waals surface area (Å²) in [6.45, 7) is 3.25. The molecule has 0 saturated carbocycles. The molecule has 0 spiro atoms. The maximum Gasteiger partial charge on any atom is 0.257 e. The van der Waals surface area contributed by atoms with Crippen molar-refractivity contribution >= 4 is 26.8 Å². The molecule has 0 unspecified atom stereocenters. The maximum absolute atomic E-state index is 13.2. The number of aromatic nitrogens is 1. The first-order valence-electron chi connectivity index (χ1n) is 10.7. The third kappa shape index (κ3) is 4.33. The van der Waals surface area contributed by atoms with Crippen LogP contribution < -0.4 is 10.7 Å². The number of pyridine rings is 1. The lowest BCUT2D eigenvalue weighted by atomic mass is 10.1. The Morgan fingerprint density at radius 1 is 1.03 bits per heavy atom. The Hall–Kier alpha value is -2.97. The maximum atomic E-state index is 13.2. The number of carbonyl (C=O) groups excluding carboxylic acids is 1. The van der Waals surface area contributed by atoms with E-state index in [0.717, 1.165) is 30.4 Å². The Balaban J connectivity index is 1.67. The molecular weight excluding hydrogens is 426 g/mol. The Kier molecular flexibility index (Phi) is 6.17. The van der Waals surface area contributed by atoms with E-state index in [1.54, 1.807) is 17.7 Å². The SMILES string of the molecule is Cc1ccc(CNC(=O)c2cn(C)c3ccc(S(=O)(=O)N4CCCCC4)cc3c2=O)cc1. The normalized spacial score (nSPS) is 15.1. The van der Waals surface area contributed by atoms with Gasteiger partial charge in [-0.15, -0.1) is 0 Å². The molecule has 0 radical (unpaired) electrons. The molecule has 7 nitrogen and oxygen atoms in total. The third-order valence-electron chi connectivity index (χ3n) is 5.93. The van der Waals surface area contributed by atoms with Gasteiger partial charge >= 0.3 is 0 Å². The van der Waals surface area contributed by atoms with E-state index in [1.165, 1.54) is 22.6 Å². The first-order valence-corrected chi connectivity index (χ1v) is 12.2. The largest absolute Gasteiger partial charge is 0.350 e. The van der Waals surface area contributed by atoms with Crippen molar-refractivity contribution in [2.45, 2.75) is 37.6 Å². The number of carbonyl (C=O) groups is 1. The number of nitrogens with zero attached hydrogens (tertiary/aromatic N) is 2. The number of hydrogen-bond donors (Lipinski definition) is 1. The number of nitrogens with one attached hydrogen (secondary N) is 1. The van der Waals surface area contributed by atoms with Crippen LogP contribution in [0.4, 0.5) is 0 Å². The fraction of sp³-hybridized carbons (Fsp3) is 0.333. The van der Waals surface area contributed by atoms with Crippen molar-refractivity contribution in [2.24, 2.45) is 7.05 Å². The van der Waals surface area contributed by atoms with E-state index >= 15 is 0 Å². The van der Waals surface area contributed by atoms with E-state index in [1.807, 2.05) is 31.2 Å². The quantitative estimate of drug-likeness (QED) is 0.643. The average Bonchev–Trinajstić information content (AvgIpc) is 2.81.